The summed E-state index contributed by atoms with van der Waals surface area (Å²) in [5, 5.41) is 3.62. The Morgan fingerprint density at radius 1 is 1.24 bits per heavy atom. The zero-order valence-electron chi connectivity index (χ0n) is 12.7. The topological polar surface area (TPSA) is 15.3 Å². The van der Waals surface area contributed by atoms with E-state index in [4.69, 9.17) is 0 Å². The van der Waals surface area contributed by atoms with Gasteiger partial charge in [0.05, 0.1) is 0 Å². The molecule has 0 spiro atoms. The summed E-state index contributed by atoms with van der Waals surface area (Å²) in [4.78, 5) is 2.62. The summed E-state index contributed by atoms with van der Waals surface area (Å²) < 4.78 is 0. The number of hydrogen-bond donors (Lipinski definition) is 1. The van der Waals surface area contributed by atoms with E-state index in [1.165, 1.54) is 26.1 Å². The third kappa shape index (κ3) is 4.97. The lowest BCUT2D eigenvalue weighted by atomic mass is 9.80. The zero-order valence-corrected chi connectivity index (χ0v) is 12.7. The molecule has 2 atom stereocenters. The van der Waals surface area contributed by atoms with Crippen molar-refractivity contribution in [1.82, 2.24) is 10.2 Å². The van der Waals surface area contributed by atoms with Crippen molar-refractivity contribution in [3.8, 4) is 0 Å². The lowest BCUT2D eigenvalue weighted by molar-refractivity contribution is 0.227. The molecule has 0 amide bonds. The van der Waals surface area contributed by atoms with Gasteiger partial charge in [-0.3, -0.25) is 0 Å². The minimum Gasteiger partial charge on any atom is -0.313 e. The Hall–Kier alpha value is -0.0800. The average Bonchev–Trinajstić information content (AvgIpc) is 2.65. The highest BCUT2D eigenvalue weighted by atomic mass is 15.2. The molecule has 102 valence electrons. The van der Waals surface area contributed by atoms with Crippen LogP contribution in [0.5, 0.6) is 0 Å². The molecule has 0 aromatic heterocycles. The molecule has 0 bridgehead atoms. The van der Waals surface area contributed by atoms with Crippen LogP contribution >= 0.6 is 0 Å². The van der Waals surface area contributed by atoms with E-state index >= 15 is 0 Å². The van der Waals surface area contributed by atoms with E-state index in [-0.39, 0.29) is 0 Å². The Morgan fingerprint density at radius 2 is 1.88 bits per heavy atom. The first-order chi connectivity index (χ1) is 7.80. The van der Waals surface area contributed by atoms with Gasteiger partial charge in [0.2, 0.25) is 0 Å². The SMILES string of the molecule is CC(C)C(C)NCCN1CCC(C(C)(C)C)C1. The maximum Gasteiger partial charge on any atom is 0.0107 e. The molecular weight excluding hydrogens is 208 g/mol. The smallest absolute Gasteiger partial charge is 0.0107 e. The van der Waals surface area contributed by atoms with Gasteiger partial charge in [-0.2, -0.15) is 0 Å². The predicted octanol–water partition coefficient (Wildman–Crippen LogP) is 2.99. The largest absolute Gasteiger partial charge is 0.313 e. The van der Waals surface area contributed by atoms with Crippen molar-refractivity contribution in [1.29, 1.82) is 0 Å². The van der Waals surface area contributed by atoms with Gasteiger partial charge >= 0.3 is 0 Å². The zero-order chi connectivity index (χ0) is 13.1. The summed E-state index contributed by atoms with van der Waals surface area (Å²) >= 11 is 0. The Morgan fingerprint density at radius 3 is 2.35 bits per heavy atom. The van der Waals surface area contributed by atoms with E-state index in [0.29, 0.717) is 11.5 Å². The van der Waals surface area contributed by atoms with Crippen LogP contribution in [0.1, 0.15) is 48.0 Å². The van der Waals surface area contributed by atoms with E-state index in [2.05, 4.69) is 51.8 Å². The number of nitrogens with one attached hydrogen (secondary N) is 1. The van der Waals surface area contributed by atoms with Gasteiger partial charge in [0, 0.05) is 25.7 Å². The van der Waals surface area contributed by atoms with Crippen molar-refractivity contribution < 1.29 is 0 Å². The van der Waals surface area contributed by atoms with Crippen LogP contribution in [0, 0.1) is 17.3 Å². The molecule has 1 rings (SSSR count). The lowest BCUT2D eigenvalue weighted by Crippen LogP contribution is -2.37. The van der Waals surface area contributed by atoms with E-state index in [0.717, 1.165) is 18.4 Å². The van der Waals surface area contributed by atoms with Crippen molar-refractivity contribution in [2.75, 3.05) is 26.2 Å². The molecule has 2 unspecified atom stereocenters. The molecule has 17 heavy (non-hydrogen) atoms. The third-order valence-electron chi connectivity index (χ3n) is 4.39. The molecule has 0 aliphatic carbocycles. The molecule has 0 radical (unpaired) electrons. The van der Waals surface area contributed by atoms with Crippen molar-refractivity contribution >= 4 is 0 Å². The highest BCUT2D eigenvalue weighted by Gasteiger charge is 2.31. The van der Waals surface area contributed by atoms with Crippen LogP contribution in [0.2, 0.25) is 0 Å². The van der Waals surface area contributed by atoms with Crippen LogP contribution in [-0.2, 0) is 0 Å². The molecule has 1 aliphatic heterocycles. The predicted molar refractivity (Wildman–Crippen MR) is 76.3 cm³/mol. The fourth-order valence-corrected chi connectivity index (χ4v) is 2.43. The average molecular weight is 240 g/mol. The van der Waals surface area contributed by atoms with Crippen LogP contribution < -0.4 is 5.32 Å². The molecule has 1 aliphatic rings. The number of nitrogens with zero attached hydrogens (tertiary/aromatic N) is 1. The normalized spacial score (nSPS) is 24.5. The standard InChI is InChI=1S/C15H32N2/c1-12(2)13(3)16-8-10-17-9-7-14(11-17)15(4,5)6/h12-14,16H,7-11H2,1-6H3. The van der Waals surface area contributed by atoms with Crippen molar-refractivity contribution in [3.63, 3.8) is 0 Å². The molecule has 0 aromatic rings. The molecule has 1 heterocycles. The van der Waals surface area contributed by atoms with Gasteiger partial charge in [-0.25, -0.2) is 0 Å². The van der Waals surface area contributed by atoms with Gasteiger partial charge in [-0.1, -0.05) is 34.6 Å². The molecule has 1 saturated heterocycles. The minimum absolute atomic E-state index is 0.480. The van der Waals surface area contributed by atoms with Gasteiger partial charge < -0.3 is 10.2 Å². The van der Waals surface area contributed by atoms with E-state index < -0.39 is 0 Å². The van der Waals surface area contributed by atoms with E-state index in [1.807, 2.05) is 0 Å². The minimum atomic E-state index is 0.480. The molecule has 0 aromatic carbocycles. The number of rotatable bonds is 5. The van der Waals surface area contributed by atoms with Crippen LogP contribution in [0.25, 0.3) is 0 Å². The van der Waals surface area contributed by atoms with Crippen LogP contribution in [0.15, 0.2) is 0 Å². The first-order valence-electron chi connectivity index (χ1n) is 7.26. The second-order valence-electron chi connectivity index (χ2n) is 7.14. The summed E-state index contributed by atoms with van der Waals surface area (Å²) in [5.74, 6) is 1.61. The number of likely N-dealkylation sites (tertiary alicyclic amines) is 1. The Bertz CT molecular complexity index is 217. The van der Waals surface area contributed by atoms with Gasteiger partial charge in [-0.05, 0) is 37.1 Å². The highest BCUT2D eigenvalue weighted by Crippen LogP contribution is 2.33. The van der Waals surface area contributed by atoms with Gasteiger partial charge in [0.1, 0.15) is 0 Å². The maximum absolute atomic E-state index is 3.62. The fourth-order valence-electron chi connectivity index (χ4n) is 2.43. The summed E-state index contributed by atoms with van der Waals surface area (Å²) in [6, 6.07) is 0.635. The second kappa shape index (κ2) is 6.19. The van der Waals surface area contributed by atoms with E-state index in [1.54, 1.807) is 0 Å². The lowest BCUT2D eigenvalue weighted by Gasteiger charge is -2.27. The summed E-state index contributed by atoms with van der Waals surface area (Å²) in [6.07, 6.45) is 1.38. The fraction of sp³-hybridized carbons (Fsp3) is 1.00. The molecule has 1 N–H and O–H groups in total. The first-order valence-corrected chi connectivity index (χ1v) is 7.26. The van der Waals surface area contributed by atoms with Crippen molar-refractivity contribution in [2.45, 2.75) is 54.0 Å². The molecular formula is C15H32N2. The van der Waals surface area contributed by atoms with Crippen molar-refractivity contribution in [2.24, 2.45) is 17.3 Å². The maximum atomic E-state index is 3.62. The van der Waals surface area contributed by atoms with Gasteiger partial charge in [0.25, 0.3) is 0 Å². The monoisotopic (exact) mass is 240 g/mol. The van der Waals surface area contributed by atoms with Crippen LogP contribution in [0.3, 0.4) is 0 Å². The first kappa shape index (κ1) is 15.0. The Kier molecular flexibility index (Phi) is 5.46. The van der Waals surface area contributed by atoms with E-state index in [9.17, 15) is 0 Å². The quantitative estimate of drug-likeness (QED) is 0.795. The summed E-state index contributed by atoms with van der Waals surface area (Å²) in [7, 11) is 0. The second-order valence-corrected chi connectivity index (χ2v) is 7.14. The third-order valence-corrected chi connectivity index (χ3v) is 4.39. The molecule has 0 saturated carbocycles. The Balaban J connectivity index is 2.19. The van der Waals surface area contributed by atoms with Crippen LogP contribution in [-0.4, -0.2) is 37.1 Å². The number of hydrogen-bond acceptors (Lipinski definition) is 2. The molecule has 1 fully saturated rings. The molecule has 2 nitrogen and oxygen atoms in total. The van der Waals surface area contributed by atoms with Crippen molar-refractivity contribution in [3.05, 3.63) is 0 Å². The molecule has 2 heteroatoms. The van der Waals surface area contributed by atoms with Gasteiger partial charge in [0.15, 0.2) is 0 Å². The Labute approximate surface area is 108 Å². The highest BCUT2D eigenvalue weighted by molar-refractivity contribution is 4.84. The van der Waals surface area contributed by atoms with Gasteiger partial charge in [-0.15, -0.1) is 0 Å². The summed E-state index contributed by atoms with van der Waals surface area (Å²) in [6.45, 7) is 18.9. The van der Waals surface area contributed by atoms with Crippen LogP contribution in [0.4, 0.5) is 0 Å². The summed E-state index contributed by atoms with van der Waals surface area (Å²) in [5.41, 5.74) is 0.480.